The lowest BCUT2D eigenvalue weighted by atomic mass is 10.1. The highest BCUT2D eigenvalue weighted by atomic mass is 79.9. The number of nitrogens with one attached hydrogen (secondary N) is 2. The fourth-order valence-electron chi connectivity index (χ4n) is 2.53. The van der Waals surface area contributed by atoms with Crippen molar-refractivity contribution < 1.29 is 14.6 Å². The number of thiocarbonyl (C=S) groups is 1. The maximum Gasteiger partial charge on any atom is 0.264 e. The second-order valence-electron chi connectivity index (χ2n) is 5.91. The van der Waals surface area contributed by atoms with Gasteiger partial charge < -0.3 is 15.2 Å². The van der Waals surface area contributed by atoms with E-state index in [9.17, 15) is 9.90 Å². The molecule has 0 aromatic heterocycles. The van der Waals surface area contributed by atoms with Crippen molar-refractivity contribution in [3.05, 3.63) is 64.6 Å². The Labute approximate surface area is 170 Å². The van der Waals surface area contributed by atoms with E-state index in [1.807, 2.05) is 37.3 Å². The molecule has 0 saturated carbocycles. The summed E-state index contributed by atoms with van der Waals surface area (Å²) in [5.74, 6) is 0.215. The second-order valence-corrected chi connectivity index (χ2v) is 7.11. The molecule has 138 valence electrons. The average Bonchev–Trinajstić information content (AvgIpc) is 2.64. The van der Waals surface area contributed by atoms with E-state index < -0.39 is 5.91 Å². The summed E-state index contributed by atoms with van der Waals surface area (Å²) in [4.78, 5) is 12.1. The minimum atomic E-state index is -0.403. The van der Waals surface area contributed by atoms with Crippen molar-refractivity contribution in [2.24, 2.45) is 0 Å². The standard InChI is InChI=1S/C20H17BrN2O3S/c1-12-6-8-16(24)15(10-12)22-20(27)23-18(25)11-26-17-9-7-13-4-2-3-5-14(13)19(17)21/h2-10,24H,11H2,1H3,(H2,22,23,25,27). The first-order valence-corrected chi connectivity index (χ1v) is 9.34. The van der Waals surface area contributed by atoms with Gasteiger partial charge in [-0.15, -0.1) is 0 Å². The fourth-order valence-corrected chi connectivity index (χ4v) is 3.37. The van der Waals surface area contributed by atoms with Gasteiger partial charge in [0.25, 0.3) is 5.91 Å². The van der Waals surface area contributed by atoms with Crippen LogP contribution in [0.15, 0.2) is 59.1 Å². The summed E-state index contributed by atoms with van der Waals surface area (Å²) < 4.78 is 6.40. The predicted octanol–water partition coefficient (Wildman–Crippen LogP) is 4.51. The third kappa shape index (κ3) is 4.75. The van der Waals surface area contributed by atoms with Crippen molar-refractivity contribution in [2.45, 2.75) is 6.92 Å². The predicted molar refractivity (Wildman–Crippen MR) is 114 cm³/mol. The molecule has 27 heavy (non-hydrogen) atoms. The van der Waals surface area contributed by atoms with Crippen LogP contribution in [0.1, 0.15) is 5.56 Å². The molecule has 0 saturated heterocycles. The Morgan fingerprint density at radius 1 is 1.19 bits per heavy atom. The van der Waals surface area contributed by atoms with Gasteiger partial charge in [0.1, 0.15) is 11.5 Å². The van der Waals surface area contributed by atoms with Crippen LogP contribution in [0.4, 0.5) is 5.69 Å². The molecule has 7 heteroatoms. The Kier molecular flexibility index (Phi) is 5.93. The zero-order chi connectivity index (χ0) is 19.4. The summed E-state index contributed by atoms with van der Waals surface area (Å²) in [6.07, 6.45) is 0. The van der Waals surface area contributed by atoms with E-state index in [0.29, 0.717) is 11.4 Å². The highest BCUT2D eigenvalue weighted by Gasteiger charge is 2.11. The minimum Gasteiger partial charge on any atom is -0.506 e. The second kappa shape index (κ2) is 8.37. The summed E-state index contributed by atoms with van der Waals surface area (Å²) >= 11 is 8.64. The molecule has 0 aliphatic rings. The zero-order valence-corrected chi connectivity index (χ0v) is 16.9. The smallest absolute Gasteiger partial charge is 0.264 e. The molecule has 3 rings (SSSR count). The number of benzene rings is 3. The van der Waals surface area contributed by atoms with Gasteiger partial charge in [0, 0.05) is 0 Å². The highest BCUT2D eigenvalue weighted by Crippen LogP contribution is 2.33. The highest BCUT2D eigenvalue weighted by molar-refractivity contribution is 9.10. The van der Waals surface area contributed by atoms with Crippen molar-refractivity contribution in [1.82, 2.24) is 5.32 Å². The van der Waals surface area contributed by atoms with Crippen molar-refractivity contribution >= 4 is 55.6 Å². The third-order valence-corrected chi connectivity index (χ3v) is 4.86. The number of ether oxygens (including phenoxy) is 1. The molecule has 3 aromatic carbocycles. The van der Waals surface area contributed by atoms with Gasteiger partial charge in [0.05, 0.1) is 10.2 Å². The molecule has 0 heterocycles. The number of fused-ring (bicyclic) bond motifs is 1. The van der Waals surface area contributed by atoms with Crippen LogP contribution in [0, 0.1) is 6.92 Å². The molecule has 1 amide bonds. The Morgan fingerprint density at radius 2 is 1.96 bits per heavy atom. The number of hydrogen-bond acceptors (Lipinski definition) is 4. The van der Waals surface area contributed by atoms with E-state index in [1.165, 1.54) is 0 Å². The van der Waals surface area contributed by atoms with Crippen LogP contribution in [-0.2, 0) is 4.79 Å². The van der Waals surface area contributed by atoms with E-state index in [4.69, 9.17) is 17.0 Å². The number of phenols is 1. The molecule has 0 aliphatic heterocycles. The van der Waals surface area contributed by atoms with Crippen LogP contribution in [0.5, 0.6) is 11.5 Å². The summed E-state index contributed by atoms with van der Waals surface area (Å²) in [5.41, 5.74) is 1.38. The Balaban J connectivity index is 1.59. The van der Waals surface area contributed by atoms with E-state index in [1.54, 1.807) is 24.3 Å². The van der Waals surface area contributed by atoms with Crippen LogP contribution >= 0.6 is 28.1 Å². The molecule has 3 aromatic rings. The molecular formula is C20H17BrN2O3S. The molecule has 0 atom stereocenters. The molecule has 0 fully saturated rings. The number of halogens is 1. The topological polar surface area (TPSA) is 70.6 Å². The number of hydrogen-bond donors (Lipinski definition) is 3. The monoisotopic (exact) mass is 444 g/mol. The third-order valence-electron chi connectivity index (χ3n) is 3.84. The van der Waals surface area contributed by atoms with E-state index in [-0.39, 0.29) is 17.5 Å². The molecule has 0 spiro atoms. The quantitative estimate of drug-likeness (QED) is 0.407. The molecule has 0 radical (unpaired) electrons. The minimum absolute atomic E-state index is 0.0496. The van der Waals surface area contributed by atoms with Crippen molar-refractivity contribution in [2.75, 3.05) is 11.9 Å². The molecule has 0 unspecified atom stereocenters. The Morgan fingerprint density at radius 3 is 2.78 bits per heavy atom. The van der Waals surface area contributed by atoms with Crippen molar-refractivity contribution in [3.63, 3.8) is 0 Å². The number of aryl methyl sites for hydroxylation is 1. The van der Waals surface area contributed by atoms with Gasteiger partial charge in [-0.05, 0) is 69.6 Å². The van der Waals surface area contributed by atoms with Crippen molar-refractivity contribution in [3.8, 4) is 11.5 Å². The number of carbonyl (C=O) groups excluding carboxylic acids is 1. The molecule has 0 aliphatic carbocycles. The van der Waals surface area contributed by atoms with Gasteiger partial charge in [-0.3, -0.25) is 10.1 Å². The first-order chi connectivity index (χ1) is 12.9. The maximum atomic E-state index is 12.1. The first-order valence-electron chi connectivity index (χ1n) is 8.14. The number of carbonyl (C=O) groups is 1. The average molecular weight is 445 g/mol. The summed E-state index contributed by atoms with van der Waals surface area (Å²) in [7, 11) is 0. The SMILES string of the molecule is Cc1ccc(O)c(NC(=S)NC(=O)COc2ccc3ccccc3c2Br)c1. The fraction of sp³-hybridized carbons (Fsp3) is 0.100. The largest absolute Gasteiger partial charge is 0.506 e. The number of phenolic OH excluding ortho intramolecular Hbond substituents is 1. The van der Waals surface area contributed by atoms with E-state index in [2.05, 4.69) is 26.6 Å². The zero-order valence-electron chi connectivity index (χ0n) is 14.5. The van der Waals surface area contributed by atoms with Gasteiger partial charge in [-0.2, -0.15) is 0 Å². The van der Waals surface area contributed by atoms with Gasteiger partial charge in [-0.25, -0.2) is 0 Å². The van der Waals surface area contributed by atoms with Crippen LogP contribution in [0.25, 0.3) is 10.8 Å². The molecule has 0 bridgehead atoms. The van der Waals surface area contributed by atoms with E-state index >= 15 is 0 Å². The van der Waals surface area contributed by atoms with Crippen LogP contribution in [-0.4, -0.2) is 22.7 Å². The lowest BCUT2D eigenvalue weighted by molar-refractivity contribution is -0.121. The summed E-state index contributed by atoms with van der Waals surface area (Å²) in [6, 6.07) is 16.7. The molecule has 3 N–H and O–H groups in total. The van der Waals surface area contributed by atoms with Gasteiger partial charge in [-0.1, -0.05) is 36.4 Å². The Hall–Kier alpha value is -2.64. The van der Waals surface area contributed by atoms with E-state index in [0.717, 1.165) is 20.8 Å². The molecular weight excluding hydrogens is 428 g/mol. The van der Waals surface area contributed by atoms with Crippen LogP contribution < -0.4 is 15.4 Å². The van der Waals surface area contributed by atoms with Crippen molar-refractivity contribution in [1.29, 1.82) is 0 Å². The summed E-state index contributed by atoms with van der Waals surface area (Å²) in [6.45, 7) is 1.69. The molecule has 5 nitrogen and oxygen atoms in total. The van der Waals surface area contributed by atoms with Gasteiger partial charge in [0.2, 0.25) is 0 Å². The van der Waals surface area contributed by atoms with Crippen LogP contribution in [0.2, 0.25) is 0 Å². The number of aromatic hydroxyl groups is 1. The normalized spacial score (nSPS) is 10.4. The Bertz CT molecular complexity index is 1020. The number of anilines is 1. The number of rotatable bonds is 4. The number of amides is 1. The lowest BCUT2D eigenvalue weighted by Crippen LogP contribution is -2.37. The van der Waals surface area contributed by atoms with Gasteiger partial charge in [0.15, 0.2) is 11.7 Å². The summed E-state index contributed by atoms with van der Waals surface area (Å²) in [5, 5.41) is 17.3. The lowest BCUT2D eigenvalue weighted by Gasteiger charge is -2.13. The first kappa shape index (κ1) is 19.1. The van der Waals surface area contributed by atoms with Gasteiger partial charge >= 0.3 is 0 Å². The maximum absolute atomic E-state index is 12.1. The van der Waals surface area contributed by atoms with Crippen LogP contribution in [0.3, 0.4) is 0 Å².